The Labute approximate surface area is 208 Å². The van der Waals surface area contributed by atoms with Crippen LogP contribution in [-0.4, -0.2) is 66.8 Å². The minimum Gasteiger partial charge on any atom is -0.379 e. The highest BCUT2D eigenvalue weighted by Gasteiger charge is 2.60. The summed E-state index contributed by atoms with van der Waals surface area (Å²) in [5.74, 6) is -0.862. The Bertz CT molecular complexity index is 1020. The van der Waals surface area contributed by atoms with Crippen molar-refractivity contribution >= 4 is 11.8 Å². The number of nitrogens with one attached hydrogen (secondary N) is 1. The number of carbonyl (C=O) groups excluding carboxylic acids is 2. The van der Waals surface area contributed by atoms with Crippen LogP contribution in [0.15, 0.2) is 12.3 Å². The average Bonchev–Trinajstić information content (AvgIpc) is 3.38. The van der Waals surface area contributed by atoms with Crippen LogP contribution in [0.1, 0.15) is 48.9 Å². The number of pyridine rings is 1. The Morgan fingerprint density at radius 2 is 2.11 bits per heavy atom. The number of alkyl halides is 3. The summed E-state index contributed by atoms with van der Waals surface area (Å²) in [6.45, 7) is 1.64. The first-order valence-electron chi connectivity index (χ1n) is 12.6. The van der Waals surface area contributed by atoms with Gasteiger partial charge in [-0.15, -0.1) is 0 Å². The number of halogens is 3. The van der Waals surface area contributed by atoms with E-state index >= 15 is 0 Å². The van der Waals surface area contributed by atoms with Gasteiger partial charge in [-0.2, -0.15) is 13.2 Å². The third-order valence-corrected chi connectivity index (χ3v) is 8.68. The van der Waals surface area contributed by atoms with E-state index in [1.807, 2.05) is 0 Å². The molecule has 0 radical (unpaired) electrons. The van der Waals surface area contributed by atoms with Crippen molar-refractivity contribution in [2.24, 2.45) is 23.0 Å². The maximum atomic E-state index is 14.1. The maximum absolute atomic E-state index is 14.1. The number of fused-ring (bicyclic) bond motifs is 2. The molecule has 36 heavy (non-hydrogen) atoms. The van der Waals surface area contributed by atoms with Crippen LogP contribution in [0.5, 0.6) is 0 Å². The van der Waals surface area contributed by atoms with Gasteiger partial charge in [0.05, 0.1) is 23.7 Å². The maximum Gasteiger partial charge on any atom is 0.417 e. The summed E-state index contributed by atoms with van der Waals surface area (Å²) in [4.78, 5) is 31.8. The van der Waals surface area contributed by atoms with Crippen LogP contribution in [0.3, 0.4) is 0 Å². The minimum atomic E-state index is -4.49. The molecule has 1 saturated heterocycles. The highest BCUT2D eigenvalue weighted by molar-refractivity contribution is 5.87. The third kappa shape index (κ3) is 4.61. The normalized spacial score (nSPS) is 34.3. The molecule has 198 valence electrons. The topological polar surface area (TPSA) is 107 Å². The number of hydrogen-bond acceptors (Lipinski definition) is 6. The van der Waals surface area contributed by atoms with Gasteiger partial charge in [-0.1, -0.05) is 0 Å². The molecule has 4 aliphatic rings. The molecule has 1 aromatic heterocycles. The van der Waals surface area contributed by atoms with Crippen LogP contribution in [0.2, 0.25) is 0 Å². The molecule has 6 atom stereocenters. The number of aromatic nitrogens is 1. The predicted octanol–water partition coefficient (Wildman–Crippen LogP) is 2.04. The van der Waals surface area contributed by atoms with Crippen molar-refractivity contribution in [3.8, 4) is 0 Å². The van der Waals surface area contributed by atoms with Crippen LogP contribution in [0.25, 0.3) is 0 Å². The second kappa shape index (κ2) is 9.57. The Hall–Kier alpha value is -2.24. The fraction of sp³-hybridized carbons (Fsp3) is 0.720. The predicted molar refractivity (Wildman–Crippen MR) is 122 cm³/mol. The summed E-state index contributed by atoms with van der Waals surface area (Å²) in [5, 5.41) is 3.69. The lowest BCUT2D eigenvalue weighted by atomic mass is 9.78. The van der Waals surface area contributed by atoms with Crippen LogP contribution in [0, 0.1) is 17.3 Å². The van der Waals surface area contributed by atoms with E-state index in [4.69, 9.17) is 15.2 Å². The molecule has 0 spiro atoms. The summed E-state index contributed by atoms with van der Waals surface area (Å²) in [7, 11) is 1.66. The number of hydrogen-bond donors (Lipinski definition) is 2. The van der Waals surface area contributed by atoms with Crippen molar-refractivity contribution in [3.05, 3.63) is 29.1 Å². The van der Waals surface area contributed by atoms with E-state index in [0.717, 1.165) is 25.1 Å². The molecule has 3 heterocycles. The summed E-state index contributed by atoms with van der Waals surface area (Å²) in [5.41, 5.74) is 5.12. The van der Waals surface area contributed by atoms with E-state index in [2.05, 4.69) is 10.3 Å². The standard InChI is InChI=1S/C25H33F3N4O4/c1-35-21-13-36-5-3-20(21)31-18-8-16-6-14(22(29)33)9-24(16,10-18)23(34)32-4-2-19-15(12-32)7-17(11-30-19)25(26,27)28/h7,11,14,16,18,20-21,31H,2-6,8-10,12-13H2,1H3,(H2,29,33)/t14-,16-,18-,20?,21?,24-/m1/s1. The number of methoxy groups -OCH3 is 1. The SMILES string of the molecule is COC1COCCC1N[C@@H]1C[C@H]2C[C@@H](C(N)=O)C[C@@]2(C(=O)N2CCc3ncc(C(F)(F)F)cc3C2)C1. The molecule has 8 nitrogen and oxygen atoms in total. The number of ether oxygens (including phenoxy) is 2. The minimum absolute atomic E-state index is 0.0122. The molecular weight excluding hydrogens is 477 g/mol. The fourth-order valence-corrected chi connectivity index (χ4v) is 6.90. The summed E-state index contributed by atoms with van der Waals surface area (Å²) in [6.07, 6.45) is -0.242. The molecule has 3 fully saturated rings. The number of amides is 2. The first kappa shape index (κ1) is 25.4. The van der Waals surface area contributed by atoms with Gasteiger partial charge in [-0.3, -0.25) is 14.6 Å². The molecule has 3 N–H and O–H groups in total. The van der Waals surface area contributed by atoms with E-state index in [1.165, 1.54) is 0 Å². The monoisotopic (exact) mass is 510 g/mol. The Kier molecular flexibility index (Phi) is 6.76. The van der Waals surface area contributed by atoms with Gasteiger partial charge in [0.25, 0.3) is 0 Å². The van der Waals surface area contributed by atoms with Gasteiger partial charge in [-0.25, -0.2) is 0 Å². The van der Waals surface area contributed by atoms with E-state index in [1.54, 1.807) is 12.0 Å². The van der Waals surface area contributed by atoms with E-state index in [9.17, 15) is 22.8 Å². The number of nitrogens with two attached hydrogens (primary N) is 1. The van der Waals surface area contributed by atoms with Crippen LogP contribution in [-0.2, 0) is 38.2 Å². The molecule has 11 heteroatoms. The molecule has 2 saturated carbocycles. The first-order valence-corrected chi connectivity index (χ1v) is 12.6. The first-order chi connectivity index (χ1) is 17.1. The molecule has 2 aliphatic carbocycles. The smallest absolute Gasteiger partial charge is 0.379 e. The van der Waals surface area contributed by atoms with Crippen molar-refractivity contribution in [3.63, 3.8) is 0 Å². The summed E-state index contributed by atoms with van der Waals surface area (Å²) < 4.78 is 50.9. The zero-order valence-corrected chi connectivity index (χ0v) is 20.4. The van der Waals surface area contributed by atoms with Crippen LogP contribution >= 0.6 is 0 Å². The molecule has 0 bridgehead atoms. The summed E-state index contributed by atoms with van der Waals surface area (Å²) in [6, 6.07) is 1.29. The second-order valence-corrected chi connectivity index (χ2v) is 10.7. The Balaban J connectivity index is 1.36. The molecule has 2 unspecified atom stereocenters. The number of nitrogens with zero attached hydrogens (tertiary/aromatic N) is 2. The van der Waals surface area contributed by atoms with Crippen molar-refractivity contribution in [1.82, 2.24) is 15.2 Å². The molecular formula is C25H33F3N4O4. The van der Waals surface area contributed by atoms with Gasteiger partial charge in [-0.05, 0) is 49.7 Å². The van der Waals surface area contributed by atoms with Crippen molar-refractivity contribution in [1.29, 1.82) is 0 Å². The lowest BCUT2D eigenvalue weighted by Crippen LogP contribution is -2.51. The molecule has 1 aromatic rings. The molecule has 2 aliphatic heterocycles. The van der Waals surface area contributed by atoms with Gasteiger partial charge in [0.1, 0.15) is 0 Å². The average molecular weight is 511 g/mol. The molecule has 2 amide bonds. The zero-order valence-electron chi connectivity index (χ0n) is 20.4. The largest absolute Gasteiger partial charge is 0.417 e. The zero-order chi connectivity index (χ0) is 25.7. The van der Waals surface area contributed by atoms with Crippen LogP contribution in [0.4, 0.5) is 13.2 Å². The van der Waals surface area contributed by atoms with Gasteiger partial charge in [0, 0.05) is 63.1 Å². The van der Waals surface area contributed by atoms with Gasteiger partial charge in [0.2, 0.25) is 11.8 Å². The van der Waals surface area contributed by atoms with Gasteiger partial charge < -0.3 is 25.4 Å². The molecule has 5 rings (SSSR count). The number of rotatable bonds is 5. The second-order valence-electron chi connectivity index (χ2n) is 10.7. The number of carbonyl (C=O) groups is 2. The van der Waals surface area contributed by atoms with Gasteiger partial charge in [0.15, 0.2) is 0 Å². The van der Waals surface area contributed by atoms with Gasteiger partial charge >= 0.3 is 6.18 Å². The van der Waals surface area contributed by atoms with Crippen LogP contribution < -0.4 is 11.1 Å². The van der Waals surface area contributed by atoms with E-state index in [-0.39, 0.29) is 42.5 Å². The lowest BCUT2D eigenvalue weighted by molar-refractivity contribution is -0.144. The molecule has 0 aromatic carbocycles. The third-order valence-electron chi connectivity index (χ3n) is 8.68. The van der Waals surface area contributed by atoms with Crippen molar-refractivity contribution < 1.29 is 32.2 Å². The highest BCUT2D eigenvalue weighted by Crippen LogP contribution is 2.57. The summed E-state index contributed by atoms with van der Waals surface area (Å²) >= 11 is 0. The van der Waals surface area contributed by atoms with E-state index in [0.29, 0.717) is 56.7 Å². The lowest BCUT2D eigenvalue weighted by Gasteiger charge is -2.38. The van der Waals surface area contributed by atoms with Crippen molar-refractivity contribution in [2.75, 3.05) is 26.9 Å². The van der Waals surface area contributed by atoms with E-state index < -0.39 is 23.1 Å². The highest BCUT2D eigenvalue weighted by atomic mass is 19.4. The fourth-order valence-electron chi connectivity index (χ4n) is 6.90. The van der Waals surface area contributed by atoms with Crippen molar-refractivity contribution in [2.45, 2.75) is 69.4 Å². The quantitative estimate of drug-likeness (QED) is 0.628. The Morgan fingerprint density at radius 1 is 1.31 bits per heavy atom. The Morgan fingerprint density at radius 3 is 2.83 bits per heavy atom. The number of primary amides is 1.